The third-order valence-electron chi connectivity index (χ3n) is 7.14. The first kappa shape index (κ1) is 32.0. The summed E-state index contributed by atoms with van der Waals surface area (Å²) in [6.45, 7) is 11.3. The van der Waals surface area contributed by atoms with E-state index in [1.807, 2.05) is 16.7 Å². The molecular formula is C33H55NO4. The highest BCUT2D eigenvalue weighted by Crippen LogP contribution is 2.35. The van der Waals surface area contributed by atoms with Gasteiger partial charge in [-0.15, -0.1) is 0 Å². The fraction of sp³-hybridized carbons (Fsp3) is 0.727. The van der Waals surface area contributed by atoms with E-state index in [-0.39, 0.29) is 5.56 Å². The van der Waals surface area contributed by atoms with Crippen molar-refractivity contribution in [2.75, 3.05) is 19.8 Å². The second-order valence-corrected chi connectivity index (χ2v) is 10.6. The molecule has 0 saturated carbocycles. The molecule has 0 radical (unpaired) electrons. The molecule has 0 spiro atoms. The Bertz CT molecular complexity index is 952. The van der Waals surface area contributed by atoms with Crippen LogP contribution in [0.25, 0.3) is 10.9 Å². The minimum Gasteiger partial charge on any atom is -0.494 e. The molecule has 2 aromatic rings. The van der Waals surface area contributed by atoms with E-state index in [0.29, 0.717) is 37.9 Å². The summed E-state index contributed by atoms with van der Waals surface area (Å²) in [5.41, 5.74) is 0.813. The highest BCUT2D eigenvalue weighted by Gasteiger charge is 2.20. The van der Waals surface area contributed by atoms with Crippen LogP contribution in [-0.2, 0) is 6.54 Å². The lowest BCUT2D eigenvalue weighted by atomic mass is 10.1. The van der Waals surface area contributed by atoms with Crippen molar-refractivity contribution in [3.05, 3.63) is 28.6 Å². The largest absolute Gasteiger partial charge is 0.494 e. The predicted octanol–water partition coefficient (Wildman–Crippen LogP) is 9.46. The average molecular weight is 530 g/mol. The molecule has 0 aliphatic carbocycles. The molecule has 1 aromatic heterocycles. The summed E-state index contributed by atoms with van der Waals surface area (Å²) in [5, 5.41) is 0.938. The Labute approximate surface area is 232 Å². The van der Waals surface area contributed by atoms with Crippen LogP contribution < -0.4 is 19.8 Å². The van der Waals surface area contributed by atoms with Crippen LogP contribution in [0.15, 0.2) is 23.0 Å². The van der Waals surface area contributed by atoms with E-state index >= 15 is 0 Å². The van der Waals surface area contributed by atoms with Crippen LogP contribution in [0.4, 0.5) is 0 Å². The van der Waals surface area contributed by atoms with Gasteiger partial charge in [0.2, 0.25) is 5.75 Å². The zero-order chi connectivity index (χ0) is 27.4. The van der Waals surface area contributed by atoms with E-state index in [4.69, 9.17) is 14.2 Å². The molecule has 0 amide bonds. The number of fused-ring (bicyclic) bond motifs is 1. The number of hydrogen-bond acceptors (Lipinski definition) is 4. The van der Waals surface area contributed by atoms with Crippen molar-refractivity contribution < 1.29 is 14.2 Å². The van der Waals surface area contributed by atoms with Gasteiger partial charge in [-0.2, -0.15) is 0 Å². The molecule has 0 atom stereocenters. The van der Waals surface area contributed by atoms with E-state index in [1.165, 1.54) is 57.8 Å². The molecule has 0 saturated heterocycles. The molecule has 0 fully saturated rings. The maximum absolute atomic E-state index is 13.9. The number of rotatable bonds is 23. The molecule has 0 aliphatic heterocycles. The number of unbranched alkanes of at least 4 members (excludes halogenated alkanes) is 12. The molecule has 1 heterocycles. The zero-order valence-electron chi connectivity index (χ0n) is 25.0. The Morgan fingerprint density at radius 2 is 1.11 bits per heavy atom. The van der Waals surface area contributed by atoms with Gasteiger partial charge >= 0.3 is 0 Å². The van der Waals surface area contributed by atoms with Crippen molar-refractivity contribution in [3.8, 4) is 17.2 Å². The minimum absolute atomic E-state index is 0.0758. The predicted molar refractivity (Wildman–Crippen MR) is 161 cm³/mol. The summed E-state index contributed by atoms with van der Waals surface area (Å²) in [5.74, 6) is 1.80. The molecule has 38 heavy (non-hydrogen) atoms. The van der Waals surface area contributed by atoms with Crippen molar-refractivity contribution in [2.45, 2.75) is 137 Å². The minimum atomic E-state index is -0.0758. The summed E-state index contributed by atoms with van der Waals surface area (Å²) in [6.07, 6.45) is 18.2. The van der Waals surface area contributed by atoms with Crippen LogP contribution in [0.1, 0.15) is 130 Å². The molecule has 5 heteroatoms. The van der Waals surface area contributed by atoms with Crippen molar-refractivity contribution >= 4 is 10.9 Å². The van der Waals surface area contributed by atoms with Crippen LogP contribution in [0.3, 0.4) is 0 Å². The lowest BCUT2D eigenvalue weighted by Gasteiger charge is -2.19. The van der Waals surface area contributed by atoms with Crippen LogP contribution in [0.5, 0.6) is 17.2 Å². The Morgan fingerprint density at radius 3 is 1.76 bits per heavy atom. The summed E-state index contributed by atoms with van der Waals surface area (Å²) in [7, 11) is 0. The maximum Gasteiger partial charge on any atom is 0.297 e. The van der Waals surface area contributed by atoms with Gasteiger partial charge in [0.1, 0.15) is 5.75 Å². The number of aromatic nitrogens is 1. The fourth-order valence-electron chi connectivity index (χ4n) is 4.75. The second-order valence-electron chi connectivity index (χ2n) is 10.6. The first-order valence-electron chi connectivity index (χ1n) is 15.8. The van der Waals surface area contributed by atoms with E-state index in [9.17, 15) is 4.79 Å². The molecule has 0 bridgehead atoms. The van der Waals surface area contributed by atoms with Crippen LogP contribution >= 0.6 is 0 Å². The summed E-state index contributed by atoms with van der Waals surface area (Å²) >= 11 is 0. The summed E-state index contributed by atoms with van der Waals surface area (Å²) in [4.78, 5) is 13.9. The number of nitrogens with zero attached hydrogens (tertiary/aromatic N) is 1. The van der Waals surface area contributed by atoms with Gasteiger partial charge in [0, 0.05) is 18.0 Å². The van der Waals surface area contributed by atoms with E-state index in [2.05, 4.69) is 33.8 Å². The molecule has 5 nitrogen and oxygen atoms in total. The number of ether oxygens (including phenoxy) is 3. The SMILES string of the molecule is CCCCCCCCn1c(=O)c(OCCCCCC)c(OCCCC)c2ccc(OCCCCCC)cc21. The number of aryl methyl sites for hydroxylation is 1. The molecule has 0 unspecified atom stereocenters. The lowest BCUT2D eigenvalue weighted by molar-refractivity contribution is 0.258. The maximum atomic E-state index is 13.9. The fourth-order valence-corrected chi connectivity index (χ4v) is 4.75. The third kappa shape index (κ3) is 10.9. The number of pyridine rings is 1. The molecule has 1 aromatic carbocycles. The normalized spacial score (nSPS) is 11.3. The van der Waals surface area contributed by atoms with Gasteiger partial charge in [-0.05, 0) is 37.8 Å². The molecule has 216 valence electrons. The van der Waals surface area contributed by atoms with Gasteiger partial charge in [0.05, 0.1) is 25.3 Å². The van der Waals surface area contributed by atoms with E-state index in [0.717, 1.165) is 61.6 Å². The van der Waals surface area contributed by atoms with Gasteiger partial charge in [-0.3, -0.25) is 4.79 Å². The van der Waals surface area contributed by atoms with Crippen molar-refractivity contribution in [1.29, 1.82) is 0 Å². The quantitative estimate of drug-likeness (QED) is 0.135. The number of hydrogen-bond donors (Lipinski definition) is 0. The molecule has 2 rings (SSSR count). The Hall–Kier alpha value is -2.17. The van der Waals surface area contributed by atoms with E-state index < -0.39 is 0 Å². The van der Waals surface area contributed by atoms with Gasteiger partial charge in [-0.25, -0.2) is 0 Å². The second kappa shape index (κ2) is 19.8. The van der Waals surface area contributed by atoms with E-state index in [1.54, 1.807) is 0 Å². The van der Waals surface area contributed by atoms with Crippen LogP contribution in [0.2, 0.25) is 0 Å². The van der Waals surface area contributed by atoms with Crippen molar-refractivity contribution in [2.24, 2.45) is 0 Å². The third-order valence-corrected chi connectivity index (χ3v) is 7.14. The van der Waals surface area contributed by atoms with Gasteiger partial charge in [0.15, 0.2) is 5.75 Å². The topological polar surface area (TPSA) is 49.7 Å². The lowest BCUT2D eigenvalue weighted by Crippen LogP contribution is -2.24. The zero-order valence-corrected chi connectivity index (χ0v) is 25.0. The first-order valence-corrected chi connectivity index (χ1v) is 15.8. The van der Waals surface area contributed by atoms with Crippen molar-refractivity contribution in [3.63, 3.8) is 0 Å². The Morgan fingerprint density at radius 1 is 0.579 bits per heavy atom. The highest BCUT2D eigenvalue weighted by atomic mass is 16.5. The first-order chi connectivity index (χ1) is 18.7. The monoisotopic (exact) mass is 529 g/mol. The molecular weight excluding hydrogens is 474 g/mol. The van der Waals surface area contributed by atoms with Gasteiger partial charge in [-0.1, -0.05) is 105 Å². The smallest absolute Gasteiger partial charge is 0.297 e. The molecule has 0 N–H and O–H groups in total. The van der Waals surface area contributed by atoms with Gasteiger partial charge in [0.25, 0.3) is 5.56 Å². The summed E-state index contributed by atoms with van der Waals surface area (Å²) in [6, 6.07) is 6.10. The Kier molecular flexibility index (Phi) is 16.7. The summed E-state index contributed by atoms with van der Waals surface area (Å²) < 4.78 is 20.5. The van der Waals surface area contributed by atoms with Crippen LogP contribution in [0, 0.1) is 0 Å². The van der Waals surface area contributed by atoms with Crippen molar-refractivity contribution in [1.82, 2.24) is 4.57 Å². The average Bonchev–Trinajstić information content (AvgIpc) is 2.93. The highest BCUT2D eigenvalue weighted by molar-refractivity contribution is 5.89. The number of benzene rings is 1. The Balaban J connectivity index is 2.38. The van der Waals surface area contributed by atoms with Crippen LogP contribution in [-0.4, -0.2) is 24.4 Å². The van der Waals surface area contributed by atoms with Gasteiger partial charge < -0.3 is 18.8 Å². The standard InChI is InChI=1S/C33H55NO4/c1-5-9-13-16-17-18-23-34-30-27-28(36-25-19-14-10-6-2)21-22-29(30)31(37-24-12-8-4)32(33(34)35)38-26-20-15-11-7-3/h21-22,27H,5-20,23-26H2,1-4H3. The molecule has 0 aliphatic rings.